The van der Waals surface area contributed by atoms with E-state index in [-0.39, 0.29) is 17.6 Å². The van der Waals surface area contributed by atoms with Crippen molar-refractivity contribution in [3.8, 4) is 5.75 Å². The molecule has 0 spiro atoms. The van der Waals surface area contributed by atoms with Crippen LogP contribution in [0, 0.1) is 5.82 Å². The van der Waals surface area contributed by atoms with Gasteiger partial charge < -0.3 is 14.6 Å². The minimum atomic E-state index is -0.359. The zero-order valence-electron chi connectivity index (χ0n) is 12.1. The van der Waals surface area contributed by atoms with Crippen LogP contribution in [0.5, 0.6) is 5.75 Å². The van der Waals surface area contributed by atoms with Crippen LogP contribution < -0.4 is 10.1 Å². The monoisotopic (exact) mass is 277 g/mol. The number of imidazole rings is 1. The summed E-state index contributed by atoms with van der Waals surface area (Å²) in [5.74, 6) is 0.782. The number of hydrogen-bond donors (Lipinski definition) is 1. The highest BCUT2D eigenvalue weighted by atomic mass is 19.1. The number of rotatable bonds is 6. The highest BCUT2D eigenvalue weighted by molar-refractivity contribution is 5.33. The second-order valence-electron chi connectivity index (χ2n) is 4.46. The molecule has 0 bridgehead atoms. The second-order valence-corrected chi connectivity index (χ2v) is 4.46. The maximum absolute atomic E-state index is 13.9. The molecule has 1 N–H and O–H groups in total. The molecule has 1 unspecified atom stereocenters. The van der Waals surface area contributed by atoms with Crippen molar-refractivity contribution in [1.29, 1.82) is 0 Å². The first-order valence-corrected chi connectivity index (χ1v) is 6.79. The van der Waals surface area contributed by atoms with Gasteiger partial charge in [0, 0.05) is 18.9 Å². The fourth-order valence-electron chi connectivity index (χ4n) is 2.27. The van der Waals surface area contributed by atoms with Crippen molar-refractivity contribution >= 4 is 0 Å². The van der Waals surface area contributed by atoms with Crippen LogP contribution in [0.2, 0.25) is 0 Å². The highest BCUT2D eigenvalue weighted by Crippen LogP contribution is 2.25. The van der Waals surface area contributed by atoms with Crippen LogP contribution in [0.1, 0.15) is 31.3 Å². The SMILES string of the molecule is CCNC(c1ccc(OC)c(F)c1)c1nccn1CC. The number of aryl methyl sites for hydroxylation is 1. The summed E-state index contributed by atoms with van der Waals surface area (Å²) in [6, 6.07) is 4.88. The lowest BCUT2D eigenvalue weighted by atomic mass is 10.1. The second kappa shape index (κ2) is 6.52. The number of aromatic nitrogens is 2. The number of nitrogens with zero attached hydrogens (tertiary/aromatic N) is 2. The van der Waals surface area contributed by atoms with Gasteiger partial charge in [0.25, 0.3) is 0 Å². The van der Waals surface area contributed by atoms with Crippen molar-refractivity contribution in [1.82, 2.24) is 14.9 Å². The van der Waals surface area contributed by atoms with E-state index in [1.807, 2.05) is 19.2 Å². The van der Waals surface area contributed by atoms with Crippen molar-refractivity contribution in [2.45, 2.75) is 26.4 Å². The molecule has 4 nitrogen and oxygen atoms in total. The molecule has 1 heterocycles. The molecular weight excluding hydrogens is 257 g/mol. The van der Waals surface area contributed by atoms with E-state index in [2.05, 4.69) is 21.8 Å². The van der Waals surface area contributed by atoms with Gasteiger partial charge in [-0.05, 0) is 31.2 Å². The quantitative estimate of drug-likeness (QED) is 0.882. The van der Waals surface area contributed by atoms with Crippen molar-refractivity contribution in [2.75, 3.05) is 13.7 Å². The number of benzene rings is 1. The summed E-state index contributed by atoms with van der Waals surface area (Å²) in [5, 5.41) is 3.35. The molecule has 0 amide bonds. The fourth-order valence-corrected chi connectivity index (χ4v) is 2.27. The first-order chi connectivity index (χ1) is 9.71. The van der Waals surface area contributed by atoms with Crippen molar-refractivity contribution in [3.63, 3.8) is 0 Å². The van der Waals surface area contributed by atoms with E-state index in [4.69, 9.17) is 4.74 Å². The van der Waals surface area contributed by atoms with Crippen LogP contribution in [0.25, 0.3) is 0 Å². The summed E-state index contributed by atoms with van der Waals surface area (Å²) >= 11 is 0. The van der Waals surface area contributed by atoms with Crippen LogP contribution in [0.15, 0.2) is 30.6 Å². The summed E-state index contributed by atoms with van der Waals surface area (Å²) in [4.78, 5) is 4.40. The Hall–Kier alpha value is -1.88. The molecule has 0 aliphatic carbocycles. The van der Waals surface area contributed by atoms with Gasteiger partial charge in [0.1, 0.15) is 5.82 Å². The topological polar surface area (TPSA) is 39.1 Å². The van der Waals surface area contributed by atoms with E-state index in [9.17, 15) is 4.39 Å². The average molecular weight is 277 g/mol. The maximum Gasteiger partial charge on any atom is 0.165 e. The van der Waals surface area contributed by atoms with Gasteiger partial charge in [-0.3, -0.25) is 0 Å². The van der Waals surface area contributed by atoms with E-state index >= 15 is 0 Å². The molecule has 0 fully saturated rings. The number of hydrogen-bond acceptors (Lipinski definition) is 3. The molecule has 0 aliphatic heterocycles. The molecule has 0 radical (unpaired) electrons. The highest BCUT2D eigenvalue weighted by Gasteiger charge is 2.19. The lowest BCUT2D eigenvalue weighted by Crippen LogP contribution is -2.25. The van der Waals surface area contributed by atoms with E-state index in [1.54, 1.807) is 12.3 Å². The molecule has 1 atom stereocenters. The van der Waals surface area contributed by atoms with Crippen LogP contribution in [-0.4, -0.2) is 23.2 Å². The predicted molar refractivity (Wildman–Crippen MR) is 76.4 cm³/mol. The maximum atomic E-state index is 13.9. The number of halogens is 1. The molecule has 5 heteroatoms. The zero-order valence-corrected chi connectivity index (χ0v) is 12.1. The number of ether oxygens (including phenoxy) is 1. The Morgan fingerprint density at radius 3 is 2.80 bits per heavy atom. The van der Waals surface area contributed by atoms with Crippen molar-refractivity contribution in [2.24, 2.45) is 0 Å². The third-order valence-corrected chi connectivity index (χ3v) is 3.26. The normalized spacial score (nSPS) is 12.4. The summed E-state index contributed by atoms with van der Waals surface area (Å²) in [6.45, 7) is 5.68. The molecule has 2 aromatic rings. The molecule has 0 saturated heterocycles. The van der Waals surface area contributed by atoms with E-state index in [0.717, 1.165) is 24.5 Å². The summed E-state index contributed by atoms with van der Waals surface area (Å²) in [6.07, 6.45) is 3.70. The third-order valence-electron chi connectivity index (χ3n) is 3.26. The number of methoxy groups -OCH3 is 1. The molecule has 1 aromatic carbocycles. The Balaban J connectivity index is 2.40. The summed E-state index contributed by atoms with van der Waals surface area (Å²) in [7, 11) is 1.46. The van der Waals surface area contributed by atoms with E-state index in [0.29, 0.717) is 0 Å². The first-order valence-electron chi connectivity index (χ1n) is 6.79. The van der Waals surface area contributed by atoms with Crippen LogP contribution >= 0.6 is 0 Å². The van der Waals surface area contributed by atoms with Crippen LogP contribution in [0.4, 0.5) is 4.39 Å². The first kappa shape index (κ1) is 14.5. The minimum absolute atomic E-state index is 0.129. The van der Waals surface area contributed by atoms with Crippen molar-refractivity contribution in [3.05, 3.63) is 47.8 Å². The molecule has 2 rings (SSSR count). The van der Waals surface area contributed by atoms with Gasteiger partial charge in [0.05, 0.1) is 13.2 Å². The lowest BCUT2D eigenvalue weighted by Gasteiger charge is -2.19. The van der Waals surface area contributed by atoms with Gasteiger partial charge in [-0.15, -0.1) is 0 Å². The van der Waals surface area contributed by atoms with E-state index in [1.165, 1.54) is 13.2 Å². The molecule has 1 aromatic heterocycles. The van der Waals surface area contributed by atoms with Crippen molar-refractivity contribution < 1.29 is 9.13 Å². The van der Waals surface area contributed by atoms with E-state index < -0.39 is 0 Å². The Bertz CT molecular complexity index is 568. The molecule has 20 heavy (non-hydrogen) atoms. The average Bonchev–Trinajstić information content (AvgIpc) is 2.92. The van der Waals surface area contributed by atoms with Gasteiger partial charge in [-0.1, -0.05) is 13.0 Å². The standard InChI is InChI=1S/C15H20FN3O/c1-4-17-14(15-18-8-9-19(15)5-2)11-6-7-13(20-3)12(16)10-11/h6-10,14,17H,4-5H2,1-3H3. The molecule has 108 valence electrons. The van der Waals surface area contributed by atoms with Gasteiger partial charge in [-0.25, -0.2) is 9.37 Å². The lowest BCUT2D eigenvalue weighted by molar-refractivity contribution is 0.385. The van der Waals surface area contributed by atoms with Gasteiger partial charge in [0.15, 0.2) is 11.6 Å². The van der Waals surface area contributed by atoms with Crippen LogP contribution in [-0.2, 0) is 6.54 Å². The molecule has 0 aliphatic rings. The molecular formula is C15H20FN3O. The van der Waals surface area contributed by atoms with Crippen LogP contribution in [0.3, 0.4) is 0 Å². The van der Waals surface area contributed by atoms with Gasteiger partial charge in [-0.2, -0.15) is 0 Å². The Labute approximate surface area is 118 Å². The largest absolute Gasteiger partial charge is 0.494 e. The summed E-state index contributed by atoms with van der Waals surface area (Å²) in [5.41, 5.74) is 0.839. The third kappa shape index (κ3) is 2.82. The van der Waals surface area contributed by atoms with Gasteiger partial charge in [0.2, 0.25) is 0 Å². The Morgan fingerprint density at radius 2 is 2.20 bits per heavy atom. The predicted octanol–water partition coefficient (Wildman–Crippen LogP) is 2.75. The number of nitrogens with one attached hydrogen (secondary N) is 1. The zero-order chi connectivity index (χ0) is 14.5. The Kier molecular flexibility index (Phi) is 4.74. The minimum Gasteiger partial charge on any atom is -0.494 e. The van der Waals surface area contributed by atoms with Gasteiger partial charge >= 0.3 is 0 Å². The smallest absolute Gasteiger partial charge is 0.165 e. The molecule has 0 saturated carbocycles. The fraction of sp³-hybridized carbons (Fsp3) is 0.400. The Morgan fingerprint density at radius 1 is 1.40 bits per heavy atom. The summed E-state index contributed by atoms with van der Waals surface area (Å²) < 4.78 is 20.9.